The van der Waals surface area contributed by atoms with Crippen molar-refractivity contribution in [2.24, 2.45) is 0 Å². The van der Waals surface area contributed by atoms with Gasteiger partial charge >= 0.3 is 5.97 Å². The number of ether oxygens (including phenoxy) is 1. The Bertz CT molecular complexity index is 388. The van der Waals surface area contributed by atoms with Gasteiger partial charge in [0.25, 0.3) is 0 Å². The van der Waals surface area contributed by atoms with Crippen LogP contribution in [0.25, 0.3) is 0 Å². The molecule has 0 aliphatic carbocycles. The van der Waals surface area contributed by atoms with Crippen LogP contribution in [-0.2, 0) is 16.0 Å². The standard InChI is InChI=1S/C12H17NO2S3/c1-2-15-11(14)4-3-9-7-18-12(13-9)10-8-16-5-6-17-10/h7,10H,2-6,8H2,1H3. The molecule has 1 aromatic rings. The molecule has 3 nitrogen and oxygen atoms in total. The van der Waals surface area contributed by atoms with Crippen molar-refractivity contribution in [3.63, 3.8) is 0 Å². The van der Waals surface area contributed by atoms with Gasteiger partial charge in [-0.2, -0.15) is 11.8 Å². The number of aromatic nitrogens is 1. The zero-order valence-corrected chi connectivity index (χ0v) is 12.8. The lowest BCUT2D eigenvalue weighted by Gasteiger charge is -2.18. The van der Waals surface area contributed by atoms with Crippen molar-refractivity contribution < 1.29 is 9.53 Å². The van der Waals surface area contributed by atoms with Gasteiger partial charge in [-0.05, 0) is 6.92 Å². The number of hydrogen-bond acceptors (Lipinski definition) is 6. The number of carbonyl (C=O) groups is 1. The topological polar surface area (TPSA) is 39.2 Å². The van der Waals surface area contributed by atoms with E-state index in [0.717, 1.165) is 11.4 Å². The molecule has 1 unspecified atom stereocenters. The smallest absolute Gasteiger partial charge is 0.306 e. The Hall–Kier alpha value is -0.200. The van der Waals surface area contributed by atoms with Gasteiger partial charge in [-0.15, -0.1) is 23.1 Å². The van der Waals surface area contributed by atoms with E-state index in [0.29, 0.717) is 24.7 Å². The van der Waals surface area contributed by atoms with Crippen LogP contribution in [0.2, 0.25) is 0 Å². The molecule has 100 valence electrons. The normalized spacial score (nSPS) is 19.7. The third-order valence-electron chi connectivity index (χ3n) is 2.55. The quantitative estimate of drug-likeness (QED) is 0.781. The zero-order chi connectivity index (χ0) is 12.8. The minimum atomic E-state index is -0.130. The zero-order valence-electron chi connectivity index (χ0n) is 10.4. The number of hydrogen-bond donors (Lipinski definition) is 0. The molecule has 1 atom stereocenters. The third kappa shape index (κ3) is 4.17. The molecule has 0 amide bonds. The van der Waals surface area contributed by atoms with E-state index >= 15 is 0 Å². The Morgan fingerprint density at radius 1 is 1.56 bits per heavy atom. The maximum atomic E-state index is 11.3. The lowest BCUT2D eigenvalue weighted by Crippen LogP contribution is -2.07. The first-order valence-electron chi connectivity index (χ1n) is 6.09. The summed E-state index contributed by atoms with van der Waals surface area (Å²) in [6.07, 6.45) is 1.13. The van der Waals surface area contributed by atoms with Crippen LogP contribution < -0.4 is 0 Å². The number of esters is 1. The fourth-order valence-electron chi connectivity index (χ4n) is 1.68. The van der Waals surface area contributed by atoms with Crippen molar-refractivity contribution in [2.75, 3.05) is 23.9 Å². The highest BCUT2D eigenvalue weighted by atomic mass is 32.2. The Morgan fingerprint density at radius 3 is 3.17 bits per heavy atom. The highest BCUT2D eigenvalue weighted by Crippen LogP contribution is 2.38. The molecule has 2 rings (SSSR count). The SMILES string of the molecule is CCOC(=O)CCc1csc(C2CSCCS2)n1. The van der Waals surface area contributed by atoms with Crippen LogP contribution in [0.15, 0.2) is 5.38 Å². The molecule has 1 aliphatic rings. The fraction of sp³-hybridized carbons (Fsp3) is 0.667. The maximum Gasteiger partial charge on any atom is 0.306 e. The molecule has 18 heavy (non-hydrogen) atoms. The Balaban J connectivity index is 1.83. The first kappa shape index (κ1) is 14.2. The molecular formula is C12H17NO2S3. The largest absolute Gasteiger partial charge is 0.466 e. The van der Waals surface area contributed by atoms with E-state index in [1.165, 1.54) is 16.5 Å². The van der Waals surface area contributed by atoms with Crippen molar-refractivity contribution in [3.05, 3.63) is 16.1 Å². The Labute approximate surface area is 120 Å². The van der Waals surface area contributed by atoms with Gasteiger partial charge in [0.05, 0.1) is 24.0 Å². The molecule has 1 fully saturated rings. The first-order valence-corrected chi connectivity index (χ1v) is 9.17. The summed E-state index contributed by atoms with van der Waals surface area (Å²) >= 11 is 5.72. The van der Waals surface area contributed by atoms with Crippen molar-refractivity contribution in [3.8, 4) is 0 Å². The number of carbonyl (C=O) groups excluding carboxylic acids is 1. The fourth-order valence-corrected chi connectivity index (χ4v) is 5.54. The van der Waals surface area contributed by atoms with Gasteiger partial charge < -0.3 is 4.74 Å². The van der Waals surface area contributed by atoms with E-state index in [-0.39, 0.29) is 5.97 Å². The van der Waals surface area contributed by atoms with Crippen molar-refractivity contribution >= 4 is 40.8 Å². The van der Waals surface area contributed by atoms with E-state index in [9.17, 15) is 4.79 Å². The van der Waals surface area contributed by atoms with E-state index in [4.69, 9.17) is 4.74 Å². The number of rotatable bonds is 5. The predicted molar refractivity (Wildman–Crippen MR) is 79.6 cm³/mol. The molecule has 0 aromatic carbocycles. The number of thiazole rings is 1. The summed E-state index contributed by atoms with van der Waals surface area (Å²) in [6.45, 7) is 2.29. The van der Waals surface area contributed by atoms with Crippen LogP contribution in [0.1, 0.15) is 29.3 Å². The summed E-state index contributed by atoms with van der Waals surface area (Å²) < 4.78 is 4.92. The van der Waals surface area contributed by atoms with Crippen LogP contribution >= 0.6 is 34.9 Å². The summed E-state index contributed by atoms with van der Waals surface area (Å²) in [4.78, 5) is 15.9. The molecule has 6 heteroatoms. The first-order chi connectivity index (χ1) is 8.79. The van der Waals surface area contributed by atoms with Gasteiger partial charge in [-0.3, -0.25) is 4.79 Å². The number of aryl methyl sites for hydroxylation is 1. The Morgan fingerprint density at radius 2 is 2.44 bits per heavy atom. The van der Waals surface area contributed by atoms with E-state index in [1.807, 2.05) is 30.4 Å². The van der Waals surface area contributed by atoms with Crippen LogP contribution in [0.5, 0.6) is 0 Å². The van der Waals surface area contributed by atoms with Crippen LogP contribution in [0, 0.1) is 0 Å². The molecule has 0 N–H and O–H groups in total. The van der Waals surface area contributed by atoms with Gasteiger partial charge in [0.2, 0.25) is 0 Å². The lowest BCUT2D eigenvalue weighted by molar-refractivity contribution is -0.143. The number of nitrogens with zero attached hydrogens (tertiary/aromatic N) is 1. The highest BCUT2D eigenvalue weighted by molar-refractivity contribution is 8.06. The molecule has 1 aromatic heterocycles. The molecule has 0 bridgehead atoms. The van der Waals surface area contributed by atoms with E-state index in [1.54, 1.807) is 11.3 Å². The van der Waals surface area contributed by atoms with Gasteiger partial charge in [-0.1, -0.05) is 0 Å². The molecule has 1 aliphatic heterocycles. The van der Waals surface area contributed by atoms with Crippen molar-refractivity contribution in [1.29, 1.82) is 0 Å². The van der Waals surface area contributed by atoms with Gasteiger partial charge in [0.15, 0.2) is 0 Å². The average Bonchev–Trinajstić information content (AvgIpc) is 2.87. The van der Waals surface area contributed by atoms with Crippen LogP contribution in [0.3, 0.4) is 0 Å². The molecule has 0 radical (unpaired) electrons. The molecule has 1 saturated heterocycles. The number of thioether (sulfide) groups is 2. The monoisotopic (exact) mass is 303 g/mol. The van der Waals surface area contributed by atoms with Crippen LogP contribution in [-0.4, -0.2) is 34.8 Å². The maximum absolute atomic E-state index is 11.3. The third-order valence-corrected chi connectivity index (χ3v) is 6.47. The summed E-state index contributed by atoms with van der Waals surface area (Å²) in [5, 5.41) is 3.84. The predicted octanol–water partition coefficient (Wildman–Crippen LogP) is 3.16. The van der Waals surface area contributed by atoms with Crippen molar-refractivity contribution in [2.45, 2.75) is 25.0 Å². The minimum absolute atomic E-state index is 0.130. The summed E-state index contributed by atoms with van der Waals surface area (Å²) in [6, 6.07) is 0. The second-order valence-electron chi connectivity index (χ2n) is 3.92. The summed E-state index contributed by atoms with van der Waals surface area (Å²) in [5.41, 5.74) is 1.03. The van der Waals surface area contributed by atoms with Crippen molar-refractivity contribution in [1.82, 2.24) is 4.98 Å². The van der Waals surface area contributed by atoms with Crippen LogP contribution in [0.4, 0.5) is 0 Å². The van der Waals surface area contributed by atoms with Gasteiger partial charge in [0.1, 0.15) is 5.01 Å². The molecular weight excluding hydrogens is 286 g/mol. The second-order valence-corrected chi connectivity index (χ2v) is 7.27. The summed E-state index contributed by atoms with van der Waals surface area (Å²) in [5.74, 6) is 3.50. The lowest BCUT2D eigenvalue weighted by atomic mass is 10.2. The van der Waals surface area contributed by atoms with Gasteiger partial charge in [-0.25, -0.2) is 4.98 Å². The molecule has 2 heterocycles. The second kappa shape index (κ2) is 7.40. The molecule has 0 saturated carbocycles. The average molecular weight is 303 g/mol. The van der Waals surface area contributed by atoms with Gasteiger partial charge in [0, 0.05) is 29.1 Å². The Kier molecular flexibility index (Phi) is 5.85. The molecule has 0 spiro atoms. The minimum Gasteiger partial charge on any atom is -0.466 e. The summed E-state index contributed by atoms with van der Waals surface area (Å²) in [7, 11) is 0. The van der Waals surface area contributed by atoms with E-state index < -0.39 is 0 Å². The van der Waals surface area contributed by atoms with E-state index in [2.05, 4.69) is 10.4 Å². The highest BCUT2D eigenvalue weighted by Gasteiger charge is 2.19.